The van der Waals surface area contributed by atoms with E-state index in [0.717, 1.165) is 34.9 Å². The zero-order valence-electron chi connectivity index (χ0n) is 14.9. The Morgan fingerprint density at radius 2 is 2.12 bits per heavy atom. The Balaban J connectivity index is 1.63. The number of hydrogen-bond acceptors (Lipinski definition) is 4. The van der Waals surface area contributed by atoms with Crippen molar-refractivity contribution in [3.8, 4) is 5.75 Å². The molecule has 134 valence electrons. The van der Waals surface area contributed by atoms with E-state index in [1.54, 1.807) is 24.6 Å². The Morgan fingerprint density at radius 3 is 2.77 bits per heavy atom. The molecule has 1 amide bonds. The van der Waals surface area contributed by atoms with Gasteiger partial charge in [-0.15, -0.1) is 11.3 Å². The Labute approximate surface area is 156 Å². The van der Waals surface area contributed by atoms with E-state index in [1.165, 1.54) is 16.9 Å². The third-order valence-corrected chi connectivity index (χ3v) is 6.05. The first-order valence-electron chi connectivity index (χ1n) is 8.69. The van der Waals surface area contributed by atoms with Crippen LogP contribution >= 0.6 is 11.3 Å². The number of ether oxygens (including phenoxy) is 1. The summed E-state index contributed by atoms with van der Waals surface area (Å²) in [6.45, 7) is 0. The molecule has 0 radical (unpaired) electrons. The van der Waals surface area contributed by atoms with Crippen LogP contribution in [0.5, 0.6) is 5.75 Å². The smallest absolute Gasteiger partial charge is 0.262 e. The fourth-order valence-electron chi connectivity index (χ4n) is 3.39. The molecule has 0 spiro atoms. The molecular formula is C20H21N3O2S. The van der Waals surface area contributed by atoms with Crippen molar-refractivity contribution >= 4 is 17.2 Å². The molecule has 3 aromatic rings. The highest BCUT2D eigenvalue weighted by Crippen LogP contribution is 2.31. The van der Waals surface area contributed by atoms with Crippen LogP contribution in [0.2, 0.25) is 0 Å². The van der Waals surface area contributed by atoms with Gasteiger partial charge in [0.25, 0.3) is 5.91 Å². The maximum Gasteiger partial charge on any atom is 0.262 e. The summed E-state index contributed by atoms with van der Waals surface area (Å²) in [5.74, 6) is 1.54. The second-order valence-corrected chi connectivity index (χ2v) is 7.63. The zero-order chi connectivity index (χ0) is 18.1. The largest absolute Gasteiger partial charge is 0.497 e. The number of nitrogens with zero attached hydrogens (tertiary/aromatic N) is 2. The van der Waals surface area contributed by atoms with Gasteiger partial charge in [-0.05, 0) is 48.6 Å². The predicted molar refractivity (Wildman–Crippen MR) is 102 cm³/mol. The quantitative estimate of drug-likeness (QED) is 0.751. The normalized spacial score (nSPS) is 14.1. The van der Waals surface area contributed by atoms with Gasteiger partial charge in [0.1, 0.15) is 17.6 Å². The van der Waals surface area contributed by atoms with E-state index in [4.69, 9.17) is 4.74 Å². The maximum atomic E-state index is 12.9. The number of amides is 1. The van der Waals surface area contributed by atoms with Crippen LogP contribution in [0.1, 0.15) is 44.0 Å². The molecule has 1 aromatic carbocycles. The van der Waals surface area contributed by atoms with E-state index in [1.807, 2.05) is 48.1 Å². The number of benzene rings is 1. The van der Waals surface area contributed by atoms with Gasteiger partial charge in [0, 0.05) is 24.3 Å². The first-order chi connectivity index (χ1) is 12.7. The van der Waals surface area contributed by atoms with Gasteiger partial charge in [0.15, 0.2) is 0 Å². The zero-order valence-corrected chi connectivity index (χ0v) is 15.7. The minimum atomic E-state index is -0.314. The number of hydrogen-bond donors (Lipinski definition) is 1. The first kappa shape index (κ1) is 16.8. The molecule has 1 unspecified atom stereocenters. The summed E-state index contributed by atoms with van der Waals surface area (Å²) in [6, 6.07) is 9.46. The Hall–Kier alpha value is -2.60. The summed E-state index contributed by atoms with van der Waals surface area (Å²) in [4.78, 5) is 19.5. The molecule has 1 aliphatic carbocycles. The number of fused-ring (bicyclic) bond motifs is 1. The van der Waals surface area contributed by atoms with E-state index in [-0.39, 0.29) is 11.9 Å². The van der Waals surface area contributed by atoms with Crippen LogP contribution in [-0.4, -0.2) is 22.6 Å². The van der Waals surface area contributed by atoms with Gasteiger partial charge < -0.3 is 14.6 Å². The van der Waals surface area contributed by atoms with E-state index in [0.29, 0.717) is 0 Å². The molecule has 0 saturated heterocycles. The van der Waals surface area contributed by atoms with Crippen molar-refractivity contribution in [2.75, 3.05) is 7.11 Å². The number of aromatic nitrogens is 2. The van der Waals surface area contributed by atoms with Gasteiger partial charge in [0.2, 0.25) is 0 Å². The molecule has 26 heavy (non-hydrogen) atoms. The van der Waals surface area contributed by atoms with Crippen molar-refractivity contribution in [3.05, 3.63) is 69.4 Å². The van der Waals surface area contributed by atoms with E-state index < -0.39 is 0 Å². The number of aryl methyl sites for hydroxylation is 3. The number of carbonyl (C=O) groups excluding carboxylic acids is 1. The fourth-order valence-corrected chi connectivity index (χ4v) is 4.55. The van der Waals surface area contributed by atoms with Gasteiger partial charge in [-0.1, -0.05) is 12.1 Å². The van der Waals surface area contributed by atoms with Gasteiger partial charge in [-0.25, -0.2) is 4.98 Å². The maximum absolute atomic E-state index is 12.9. The number of imidazole rings is 1. The topological polar surface area (TPSA) is 56.1 Å². The summed E-state index contributed by atoms with van der Waals surface area (Å²) in [5.41, 5.74) is 2.30. The molecule has 0 fully saturated rings. The SMILES string of the molecule is COc1ccc(C(NC(=O)c2cc3c(s2)CCC3)c2nccn2C)cc1. The number of rotatable bonds is 5. The summed E-state index contributed by atoms with van der Waals surface area (Å²) in [7, 11) is 3.58. The number of nitrogens with one attached hydrogen (secondary N) is 1. The lowest BCUT2D eigenvalue weighted by Crippen LogP contribution is -2.30. The van der Waals surface area contributed by atoms with Gasteiger partial charge in [-0.3, -0.25) is 4.79 Å². The van der Waals surface area contributed by atoms with Crippen molar-refractivity contribution < 1.29 is 9.53 Å². The number of methoxy groups -OCH3 is 1. The van der Waals surface area contributed by atoms with Crippen molar-refractivity contribution in [1.29, 1.82) is 0 Å². The molecule has 6 heteroatoms. The average Bonchev–Trinajstić information content (AvgIpc) is 3.35. The molecule has 2 aromatic heterocycles. The van der Waals surface area contributed by atoms with E-state index >= 15 is 0 Å². The Morgan fingerprint density at radius 1 is 1.31 bits per heavy atom. The highest BCUT2D eigenvalue weighted by atomic mass is 32.1. The molecular weight excluding hydrogens is 346 g/mol. The van der Waals surface area contributed by atoms with E-state index in [9.17, 15) is 4.79 Å². The fraction of sp³-hybridized carbons (Fsp3) is 0.300. The minimum Gasteiger partial charge on any atom is -0.497 e. The van der Waals surface area contributed by atoms with Gasteiger partial charge >= 0.3 is 0 Å². The number of thiophene rings is 1. The molecule has 2 heterocycles. The molecule has 1 atom stereocenters. The summed E-state index contributed by atoms with van der Waals surface area (Å²) >= 11 is 1.62. The highest BCUT2D eigenvalue weighted by Gasteiger charge is 2.24. The highest BCUT2D eigenvalue weighted by molar-refractivity contribution is 7.14. The van der Waals surface area contributed by atoms with Crippen LogP contribution in [0.3, 0.4) is 0 Å². The lowest BCUT2D eigenvalue weighted by molar-refractivity contribution is 0.0945. The van der Waals surface area contributed by atoms with Crippen molar-refractivity contribution in [3.63, 3.8) is 0 Å². The third kappa shape index (κ3) is 3.12. The van der Waals surface area contributed by atoms with Crippen LogP contribution in [0.25, 0.3) is 0 Å². The van der Waals surface area contributed by atoms with Crippen molar-refractivity contribution in [2.24, 2.45) is 7.05 Å². The molecule has 5 nitrogen and oxygen atoms in total. The lowest BCUT2D eigenvalue weighted by Gasteiger charge is -2.19. The molecule has 0 aliphatic heterocycles. The minimum absolute atomic E-state index is 0.0479. The second kappa shape index (κ2) is 6.96. The third-order valence-electron chi connectivity index (χ3n) is 4.81. The molecule has 0 saturated carbocycles. The second-order valence-electron chi connectivity index (χ2n) is 6.49. The number of carbonyl (C=O) groups is 1. The molecule has 4 rings (SSSR count). The molecule has 1 aliphatic rings. The van der Waals surface area contributed by atoms with Crippen LogP contribution in [0.15, 0.2) is 42.7 Å². The first-order valence-corrected chi connectivity index (χ1v) is 9.51. The summed E-state index contributed by atoms with van der Waals surface area (Å²) < 4.78 is 7.18. The molecule has 0 bridgehead atoms. The van der Waals surface area contributed by atoms with Gasteiger partial charge in [0.05, 0.1) is 12.0 Å². The van der Waals surface area contributed by atoms with E-state index in [2.05, 4.69) is 10.3 Å². The average molecular weight is 367 g/mol. The van der Waals surface area contributed by atoms with Gasteiger partial charge in [-0.2, -0.15) is 0 Å². The van der Waals surface area contributed by atoms with Crippen molar-refractivity contribution in [1.82, 2.24) is 14.9 Å². The molecule has 1 N–H and O–H groups in total. The predicted octanol–water partition coefficient (Wildman–Crippen LogP) is 3.50. The van der Waals surface area contributed by atoms with Crippen molar-refractivity contribution in [2.45, 2.75) is 25.3 Å². The summed E-state index contributed by atoms with van der Waals surface area (Å²) in [5, 5.41) is 3.17. The monoisotopic (exact) mass is 367 g/mol. The van der Waals surface area contributed by atoms with Crippen LogP contribution < -0.4 is 10.1 Å². The summed E-state index contributed by atoms with van der Waals surface area (Å²) in [6.07, 6.45) is 7.01. The van der Waals surface area contributed by atoms with Crippen LogP contribution in [0, 0.1) is 0 Å². The lowest BCUT2D eigenvalue weighted by atomic mass is 10.1. The standard InChI is InChI=1S/C20H21N3O2S/c1-23-11-10-21-19(23)18(13-6-8-15(25-2)9-7-13)22-20(24)17-12-14-4-3-5-16(14)26-17/h6-12,18H,3-5H2,1-2H3,(H,22,24). The van der Waals surface area contributed by atoms with Crippen LogP contribution in [-0.2, 0) is 19.9 Å². The Kier molecular flexibility index (Phi) is 4.51. The Bertz CT molecular complexity index is 905. The van der Waals surface area contributed by atoms with Crippen LogP contribution in [0.4, 0.5) is 0 Å².